The Morgan fingerprint density at radius 2 is 2.35 bits per heavy atom. The first-order chi connectivity index (χ1) is 8.04. The van der Waals surface area contributed by atoms with Gasteiger partial charge in [-0.2, -0.15) is 0 Å². The van der Waals surface area contributed by atoms with E-state index in [2.05, 4.69) is 10.3 Å². The molecule has 1 aromatic heterocycles. The van der Waals surface area contributed by atoms with Gasteiger partial charge in [0.15, 0.2) is 0 Å². The number of rotatable bonds is 6. The predicted octanol–water partition coefficient (Wildman–Crippen LogP) is 1.35. The van der Waals surface area contributed by atoms with E-state index in [0.717, 1.165) is 12.3 Å². The lowest BCUT2D eigenvalue weighted by molar-refractivity contribution is 0.0697. The molecule has 3 N–H and O–H groups in total. The van der Waals surface area contributed by atoms with Gasteiger partial charge in [-0.25, -0.2) is 14.2 Å². The number of carboxylic acids is 1. The number of nitrogens with zero attached hydrogens (tertiary/aromatic N) is 1. The fourth-order valence-corrected chi connectivity index (χ4v) is 1.34. The minimum atomic E-state index is -1.23. The topological polar surface area (TPSA) is 82.5 Å². The van der Waals surface area contributed by atoms with Crippen molar-refractivity contribution in [3.63, 3.8) is 0 Å². The number of aromatic carboxylic acids is 1. The molecule has 1 heterocycles. The van der Waals surface area contributed by atoms with Crippen molar-refractivity contribution in [1.82, 2.24) is 4.98 Å². The van der Waals surface area contributed by atoms with Gasteiger partial charge in [-0.3, -0.25) is 0 Å². The highest BCUT2D eigenvalue weighted by Crippen LogP contribution is 2.14. The Morgan fingerprint density at radius 3 is 2.94 bits per heavy atom. The van der Waals surface area contributed by atoms with Crippen LogP contribution in [0.15, 0.2) is 12.3 Å². The average molecular weight is 242 g/mol. The highest BCUT2D eigenvalue weighted by molar-refractivity contribution is 5.93. The van der Waals surface area contributed by atoms with E-state index in [0.29, 0.717) is 13.0 Å². The normalized spacial score (nSPS) is 12.2. The summed E-state index contributed by atoms with van der Waals surface area (Å²) in [4.78, 5) is 14.6. The van der Waals surface area contributed by atoms with Gasteiger partial charge in [0.1, 0.15) is 17.2 Å². The number of carboxylic acid groups (broad SMARTS) is 1. The lowest BCUT2D eigenvalue weighted by Gasteiger charge is -2.13. The van der Waals surface area contributed by atoms with E-state index < -0.39 is 11.8 Å². The lowest BCUT2D eigenvalue weighted by atomic mass is 10.1. The number of carbonyl (C=O) groups is 1. The van der Waals surface area contributed by atoms with E-state index >= 15 is 0 Å². The van der Waals surface area contributed by atoms with Crippen molar-refractivity contribution in [2.45, 2.75) is 13.3 Å². The molecule has 0 saturated heterocycles. The van der Waals surface area contributed by atoms with Crippen LogP contribution < -0.4 is 5.32 Å². The van der Waals surface area contributed by atoms with E-state index in [9.17, 15) is 9.18 Å². The molecular weight excluding hydrogens is 227 g/mol. The zero-order chi connectivity index (χ0) is 12.8. The van der Waals surface area contributed by atoms with E-state index in [1.165, 1.54) is 0 Å². The number of halogens is 1. The van der Waals surface area contributed by atoms with Crippen molar-refractivity contribution in [1.29, 1.82) is 0 Å². The van der Waals surface area contributed by atoms with Crippen molar-refractivity contribution in [3.05, 3.63) is 23.6 Å². The molecule has 6 heteroatoms. The Kier molecular flexibility index (Phi) is 4.84. The van der Waals surface area contributed by atoms with Crippen LogP contribution >= 0.6 is 0 Å². The second-order valence-corrected chi connectivity index (χ2v) is 3.85. The molecule has 0 amide bonds. The molecule has 5 nitrogen and oxygen atoms in total. The molecule has 0 radical (unpaired) electrons. The summed E-state index contributed by atoms with van der Waals surface area (Å²) in [6, 6.07) is 0.925. The lowest BCUT2D eigenvalue weighted by Crippen LogP contribution is -2.16. The van der Waals surface area contributed by atoms with Crippen LogP contribution in [-0.4, -0.2) is 34.3 Å². The molecule has 0 aliphatic carbocycles. The SMILES string of the molecule is CC(CCO)CNc1ncc(F)cc1C(=O)O. The Morgan fingerprint density at radius 1 is 1.65 bits per heavy atom. The summed E-state index contributed by atoms with van der Waals surface area (Å²) in [5, 5.41) is 20.4. The maximum absolute atomic E-state index is 12.8. The van der Waals surface area contributed by atoms with Crippen LogP contribution in [0.2, 0.25) is 0 Å². The van der Waals surface area contributed by atoms with Crippen molar-refractivity contribution < 1.29 is 19.4 Å². The van der Waals surface area contributed by atoms with Crippen LogP contribution in [-0.2, 0) is 0 Å². The molecule has 0 aliphatic heterocycles. The summed E-state index contributed by atoms with van der Waals surface area (Å²) in [5.41, 5.74) is -0.193. The smallest absolute Gasteiger partial charge is 0.339 e. The highest BCUT2D eigenvalue weighted by atomic mass is 19.1. The van der Waals surface area contributed by atoms with Gasteiger partial charge < -0.3 is 15.5 Å². The van der Waals surface area contributed by atoms with E-state index in [-0.39, 0.29) is 23.9 Å². The van der Waals surface area contributed by atoms with Crippen molar-refractivity contribution >= 4 is 11.8 Å². The van der Waals surface area contributed by atoms with Crippen LogP contribution in [0.1, 0.15) is 23.7 Å². The van der Waals surface area contributed by atoms with Gasteiger partial charge in [0.25, 0.3) is 0 Å². The first kappa shape index (κ1) is 13.4. The number of aliphatic hydroxyl groups is 1. The second-order valence-electron chi connectivity index (χ2n) is 3.85. The summed E-state index contributed by atoms with van der Waals surface area (Å²) in [7, 11) is 0. The Balaban J connectivity index is 2.73. The summed E-state index contributed by atoms with van der Waals surface area (Å²) in [6.45, 7) is 2.46. The first-order valence-electron chi connectivity index (χ1n) is 5.28. The average Bonchev–Trinajstić information content (AvgIpc) is 2.27. The Labute approximate surface area is 98.3 Å². The maximum Gasteiger partial charge on any atom is 0.339 e. The predicted molar refractivity (Wildman–Crippen MR) is 60.5 cm³/mol. The molecular formula is C11H15FN2O3. The third-order valence-corrected chi connectivity index (χ3v) is 2.32. The summed E-state index contributed by atoms with van der Waals surface area (Å²) in [6.07, 6.45) is 1.57. The molecule has 94 valence electrons. The van der Waals surface area contributed by atoms with Crippen LogP contribution in [0.3, 0.4) is 0 Å². The highest BCUT2D eigenvalue weighted by Gasteiger charge is 2.13. The van der Waals surface area contributed by atoms with Crippen molar-refractivity contribution in [3.8, 4) is 0 Å². The van der Waals surface area contributed by atoms with Crippen LogP contribution in [0, 0.1) is 11.7 Å². The number of hydrogen-bond donors (Lipinski definition) is 3. The van der Waals surface area contributed by atoms with E-state index in [4.69, 9.17) is 10.2 Å². The van der Waals surface area contributed by atoms with Gasteiger partial charge in [0.2, 0.25) is 0 Å². The van der Waals surface area contributed by atoms with Gasteiger partial charge in [0.05, 0.1) is 6.20 Å². The van der Waals surface area contributed by atoms with Gasteiger partial charge >= 0.3 is 5.97 Å². The molecule has 1 rings (SSSR count). The maximum atomic E-state index is 12.8. The summed E-state index contributed by atoms with van der Waals surface area (Å²) < 4.78 is 12.8. The summed E-state index contributed by atoms with van der Waals surface area (Å²) in [5.74, 6) is -1.59. The molecule has 1 atom stereocenters. The zero-order valence-electron chi connectivity index (χ0n) is 9.48. The third-order valence-electron chi connectivity index (χ3n) is 2.32. The van der Waals surface area contributed by atoms with E-state index in [1.807, 2.05) is 6.92 Å². The molecule has 0 fully saturated rings. The number of nitrogens with one attached hydrogen (secondary N) is 1. The van der Waals surface area contributed by atoms with E-state index in [1.54, 1.807) is 0 Å². The Hall–Kier alpha value is -1.69. The minimum Gasteiger partial charge on any atom is -0.478 e. The zero-order valence-corrected chi connectivity index (χ0v) is 9.48. The molecule has 0 saturated carbocycles. The van der Waals surface area contributed by atoms with Gasteiger partial charge in [-0.15, -0.1) is 0 Å². The van der Waals surface area contributed by atoms with Gasteiger partial charge in [0, 0.05) is 13.2 Å². The van der Waals surface area contributed by atoms with Gasteiger partial charge in [-0.1, -0.05) is 6.92 Å². The quantitative estimate of drug-likeness (QED) is 0.701. The Bertz CT molecular complexity index is 398. The number of anilines is 1. The molecule has 17 heavy (non-hydrogen) atoms. The number of pyridine rings is 1. The van der Waals surface area contributed by atoms with Gasteiger partial charge in [-0.05, 0) is 18.4 Å². The minimum absolute atomic E-state index is 0.0749. The third kappa shape index (κ3) is 3.99. The fourth-order valence-electron chi connectivity index (χ4n) is 1.34. The molecule has 0 spiro atoms. The number of aromatic nitrogens is 1. The second kappa shape index (κ2) is 6.15. The molecule has 0 aromatic carbocycles. The van der Waals surface area contributed by atoms with Crippen LogP contribution in [0.4, 0.5) is 10.2 Å². The largest absolute Gasteiger partial charge is 0.478 e. The van der Waals surface area contributed by atoms with Crippen LogP contribution in [0.5, 0.6) is 0 Å². The molecule has 0 bridgehead atoms. The summed E-state index contributed by atoms with van der Waals surface area (Å²) >= 11 is 0. The fraction of sp³-hybridized carbons (Fsp3) is 0.455. The van der Waals surface area contributed by atoms with Crippen LogP contribution in [0.25, 0.3) is 0 Å². The number of hydrogen-bond acceptors (Lipinski definition) is 4. The molecule has 1 unspecified atom stereocenters. The van der Waals surface area contributed by atoms with Crippen molar-refractivity contribution in [2.24, 2.45) is 5.92 Å². The monoisotopic (exact) mass is 242 g/mol. The van der Waals surface area contributed by atoms with Crippen molar-refractivity contribution in [2.75, 3.05) is 18.5 Å². The molecule has 1 aromatic rings. The molecule has 0 aliphatic rings. The first-order valence-corrected chi connectivity index (χ1v) is 5.28. The standard InChI is InChI=1S/C11H15FN2O3/c1-7(2-3-15)5-13-10-9(11(16)17)4-8(12)6-14-10/h4,6-7,15H,2-3,5H2,1H3,(H,13,14)(H,16,17). The number of aliphatic hydroxyl groups excluding tert-OH is 1.